The average Bonchev–Trinajstić information content (AvgIpc) is 2.65. The summed E-state index contributed by atoms with van der Waals surface area (Å²) in [5.41, 5.74) is 5.24. The maximum absolute atomic E-state index is 5.82. The first-order valence-corrected chi connectivity index (χ1v) is 5.22. The third kappa shape index (κ3) is 4.26. The van der Waals surface area contributed by atoms with Crippen LogP contribution in [0.25, 0.3) is 0 Å². The van der Waals surface area contributed by atoms with Gasteiger partial charge in [-0.3, -0.25) is 0 Å². The number of rotatable bonds is 7. The summed E-state index contributed by atoms with van der Waals surface area (Å²) in [5, 5.41) is 3.79. The molecule has 0 aliphatic carbocycles. The van der Waals surface area contributed by atoms with Gasteiger partial charge in [-0.05, 0) is 20.3 Å². The maximum atomic E-state index is 5.82. The molecule has 0 aliphatic rings. The number of hydrogen-bond donors (Lipinski definition) is 1. The number of nitrogens with two attached hydrogens (primary N) is 1. The molecule has 92 valence electrons. The summed E-state index contributed by atoms with van der Waals surface area (Å²) in [6.07, 6.45) is 0.847. The summed E-state index contributed by atoms with van der Waals surface area (Å²) in [6.45, 7) is 5.25. The van der Waals surface area contributed by atoms with E-state index in [0.29, 0.717) is 31.5 Å². The fourth-order valence-corrected chi connectivity index (χ4v) is 1.04. The molecule has 1 aromatic heterocycles. The lowest BCUT2D eigenvalue weighted by Gasteiger charge is -2.11. The third-order valence-corrected chi connectivity index (χ3v) is 1.91. The Balaban J connectivity index is 2.30. The molecule has 6 heteroatoms. The Morgan fingerprint density at radius 3 is 2.69 bits per heavy atom. The van der Waals surface area contributed by atoms with Crippen LogP contribution in [0.2, 0.25) is 0 Å². The van der Waals surface area contributed by atoms with Crippen molar-refractivity contribution >= 4 is 0 Å². The van der Waals surface area contributed by atoms with Crippen LogP contribution in [0.5, 0.6) is 0 Å². The molecule has 0 unspecified atom stereocenters. The van der Waals surface area contributed by atoms with Crippen molar-refractivity contribution in [2.75, 3.05) is 20.3 Å². The average molecular weight is 229 g/mol. The van der Waals surface area contributed by atoms with Crippen molar-refractivity contribution in [1.29, 1.82) is 0 Å². The molecule has 0 bridgehead atoms. The predicted octanol–water partition coefficient (Wildman–Crippen LogP) is 0.817. The minimum Gasteiger partial charge on any atom is -0.385 e. The van der Waals surface area contributed by atoms with Crippen LogP contribution >= 0.6 is 0 Å². The van der Waals surface area contributed by atoms with E-state index in [-0.39, 0.29) is 0 Å². The highest BCUT2D eigenvalue weighted by atomic mass is 16.5. The van der Waals surface area contributed by atoms with E-state index < -0.39 is 5.54 Å². The zero-order valence-corrected chi connectivity index (χ0v) is 10.0. The Hall–Kier alpha value is -0.980. The number of aromatic nitrogens is 2. The van der Waals surface area contributed by atoms with Gasteiger partial charge in [-0.2, -0.15) is 4.98 Å². The van der Waals surface area contributed by atoms with Crippen LogP contribution in [0, 0.1) is 0 Å². The second-order valence-electron chi connectivity index (χ2n) is 4.13. The van der Waals surface area contributed by atoms with Gasteiger partial charge < -0.3 is 19.7 Å². The zero-order valence-electron chi connectivity index (χ0n) is 10.0. The van der Waals surface area contributed by atoms with Crippen LogP contribution in [0.15, 0.2) is 4.52 Å². The second-order valence-corrected chi connectivity index (χ2v) is 4.13. The van der Waals surface area contributed by atoms with E-state index in [1.165, 1.54) is 0 Å². The molecule has 6 nitrogen and oxygen atoms in total. The van der Waals surface area contributed by atoms with Gasteiger partial charge in [-0.25, -0.2) is 0 Å². The summed E-state index contributed by atoms with van der Waals surface area (Å²) < 4.78 is 15.2. The normalized spacial score (nSPS) is 12.0. The molecule has 0 amide bonds. The predicted molar refractivity (Wildman–Crippen MR) is 57.7 cm³/mol. The van der Waals surface area contributed by atoms with Crippen LogP contribution < -0.4 is 5.73 Å². The van der Waals surface area contributed by atoms with Crippen molar-refractivity contribution in [3.63, 3.8) is 0 Å². The highest BCUT2D eigenvalue weighted by Crippen LogP contribution is 2.12. The summed E-state index contributed by atoms with van der Waals surface area (Å²) in [7, 11) is 1.66. The summed E-state index contributed by atoms with van der Waals surface area (Å²) in [6, 6.07) is 0. The zero-order chi connectivity index (χ0) is 12.0. The maximum Gasteiger partial charge on any atom is 0.252 e. The standard InChI is InChI=1S/C10H19N3O3/c1-10(2,11)9-12-8(16-13-9)7-15-6-4-5-14-3/h4-7,11H2,1-3H3. The van der Waals surface area contributed by atoms with E-state index in [1.54, 1.807) is 7.11 Å². The van der Waals surface area contributed by atoms with Crippen molar-refractivity contribution in [1.82, 2.24) is 10.1 Å². The van der Waals surface area contributed by atoms with Crippen LogP contribution in [0.3, 0.4) is 0 Å². The van der Waals surface area contributed by atoms with Gasteiger partial charge in [0.1, 0.15) is 6.61 Å². The largest absolute Gasteiger partial charge is 0.385 e. The smallest absolute Gasteiger partial charge is 0.252 e. The lowest BCUT2D eigenvalue weighted by atomic mass is 10.1. The van der Waals surface area contributed by atoms with Crippen molar-refractivity contribution in [3.05, 3.63) is 11.7 Å². The Labute approximate surface area is 95.1 Å². The van der Waals surface area contributed by atoms with E-state index in [9.17, 15) is 0 Å². The van der Waals surface area contributed by atoms with E-state index in [0.717, 1.165) is 6.42 Å². The molecule has 1 heterocycles. The van der Waals surface area contributed by atoms with Crippen molar-refractivity contribution < 1.29 is 14.0 Å². The molecule has 16 heavy (non-hydrogen) atoms. The number of methoxy groups -OCH3 is 1. The first-order chi connectivity index (χ1) is 7.54. The molecule has 0 spiro atoms. The molecule has 0 fully saturated rings. The third-order valence-electron chi connectivity index (χ3n) is 1.91. The summed E-state index contributed by atoms with van der Waals surface area (Å²) in [5.74, 6) is 0.939. The minimum atomic E-state index is -0.586. The Morgan fingerprint density at radius 2 is 2.12 bits per heavy atom. The number of hydrogen-bond acceptors (Lipinski definition) is 6. The van der Waals surface area contributed by atoms with Gasteiger partial charge >= 0.3 is 0 Å². The summed E-state index contributed by atoms with van der Waals surface area (Å²) >= 11 is 0. The molecule has 0 saturated heterocycles. The van der Waals surface area contributed by atoms with E-state index in [2.05, 4.69) is 10.1 Å². The topological polar surface area (TPSA) is 83.4 Å². The lowest BCUT2D eigenvalue weighted by molar-refractivity contribution is 0.0768. The fourth-order valence-electron chi connectivity index (χ4n) is 1.04. The van der Waals surface area contributed by atoms with Gasteiger partial charge in [0.25, 0.3) is 5.89 Å². The van der Waals surface area contributed by atoms with Crippen LogP contribution in [-0.4, -0.2) is 30.5 Å². The highest BCUT2D eigenvalue weighted by Gasteiger charge is 2.21. The molecular weight excluding hydrogens is 210 g/mol. The fraction of sp³-hybridized carbons (Fsp3) is 0.800. The SMILES string of the molecule is COCCCOCc1nc(C(C)(C)N)no1. The Morgan fingerprint density at radius 1 is 1.38 bits per heavy atom. The Bertz CT molecular complexity index is 307. The van der Waals surface area contributed by atoms with Crippen LogP contribution in [0.4, 0.5) is 0 Å². The minimum absolute atomic E-state index is 0.312. The van der Waals surface area contributed by atoms with Gasteiger partial charge in [-0.15, -0.1) is 0 Å². The molecule has 1 rings (SSSR count). The molecule has 0 aromatic carbocycles. The molecule has 0 radical (unpaired) electrons. The molecule has 0 saturated carbocycles. The van der Waals surface area contributed by atoms with E-state index in [4.69, 9.17) is 19.7 Å². The lowest BCUT2D eigenvalue weighted by Crippen LogP contribution is -2.30. The highest BCUT2D eigenvalue weighted by molar-refractivity contribution is 4.98. The van der Waals surface area contributed by atoms with Gasteiger partial charge in [0.15, 0.2) is 5.82 Å². The number of nitrogens with zero attached hydrogens (tertiary/aromatic N) is 2. The molecule has 2 N–H and O–H groups in total. The van der Waals surface area contributed by atoms with E-state index in [1.807, 2.05) is 13.8 Å². The first kappa shape index (κ1) is 13.1. The van der Waals surface area contributed by atoms with E-state index >= 15 is 0 Å². The van der Waals surface area contributed by atoms with Crippen molar-refractivity contribution in [3.8, 4) is 0 Å². The first-order valence-electron chi connectivity index (χ1n) is 5.22. The quantitative estimate of drug-likeness (QED) is 0.697. The number of ether oxygens (including phenoxy) is 2. The molecular formula is C10H19N3O3. The van der Waals surface area contributed by atoms with Gasteiger partial charge in [0.2, 0.25) is 0 Å². The molecule has 0 aliphatic heterocycles. The van der Waals surface area contributed by atoms with Crippen LogP contribution in [-0.2, 0) is 21.6 Å². The van der Waals surface area contributed by atoms with Gasteiger partial charge in [-0.1, -0.05) is 5.16 Å². The van der Waals surface area contributed by atoms with Gasteiger partial charge in [0.05, 0.1) is 5.54 Å². The second kappa shape index (κ2) is 5.93. The molecule has 1 aromatic rings. The van der Waals surface area contributed by atoms with Crippen LogP contribution in [0.1, 0.15) is 32.0 Å². The summed E-state index contributed by atoms with van der Waals surface area (Å²) in [4.78, 5) is 4.14. The Kier molecular flexibility index (Phi) is 4.85. The van der Waals surface area contributed by atoms with Crippen molar-refractivity contribution in [2.45, 2.75) is 32.4 Å². The monoisotopic (exact) mass is 229 g/mol. The van der Waals surface area contributed by atoms with Crippen molar-refractivity contribution in [2.24, 2.45) is 5.73 Å². The van der Waals surface area contributed by atoms with Gasteiger partial charge in [0, 0.05) is 20.3 Å². The molecule has 0 atom stereocenters.